The molecule has 0 aliphatic heterocycles. The summed E-state index contributed by atoms with van der Waals surface area (Å²) in [5, 5.41) is 10.4. The molecule has 1 aromatic carbocycles. The van der Waals surface area contributed by atoms with Crippen LogP contribution in [0.1, 0.15) is 23.2 Å². The number of hydrogen-bond acceptors (Lipinski definition) is 4. The van der Waals surface area contributed by atoms with Crippen molar-refractivity contribution in [1.82, 2.24) is 0 Å². The third kappa shape index (κ3) is 3.95. The van der Waals surface area contributed by atoms with Gasteiger partial charge < -0.3 is 4.74 Å². The topological polar surface area (TPSA) is 69.4 Å². The van der Waals surface area contributed by atoms with Crippen molar-refractivity contribution in [3.8, 4) is 12.3 Å². The first kappa shape index (κ1) is 12.7. The molecule has 0 heterocycles. The third-order valence-corrected chi connectivity index (χ3v) is 2.01. The van der Waals surface area contributed by atoms with Crippen LogP contribution in [0.25, 0.3) is 0 Å². The normalized spacial score (nSPS) is 9.35. The average molecular weight is 233 g/mol. The highest BCUT2D eigenvalue weighted by Crippen LogP contribution is 2.12. The fourth-order valence-electron chi connectivity index (χ4n) is 1.14. The van der Waals surface area contributed by atoms with Crippen molar-refractivity contribution < 1.29 is 14.5 Å². The highest BCUT2D eigenvalue weighted by Gasteiger charge is 2.09. The third-order valence-electron chi connectivity index (χ3n) is 2.01. The quantitative estimate of drug-likeness (QED) is 0.257. The maximum Gasteiger partial charge on any atom is 0.338 e. The van der Waals surface area contributed by atoms with Crippen molar-refractivity contribution in [2.75, 3.05) is 6.61 Å². The van der Waals surface area contributed by atoms with Crippen LogP contribution >= 0.6 is 0 Å². The Morgan fingerprint density at radius 1 is 1.41 bits per heavy atom. The van der Waals surface area contributed by atoms with Gasteiger partial charge in [0.1, 0.15) is 0 Å². The van der Waals surface area contributed by atoms with Crippen molar-refractivity contribution in [2.24, 2.45) is 0 Å². The Labute approximate surface area is 98.5 Å². The number of hydrogen-bond donors (Lipinski definition) is 0. The SMILES string of the molecule is C#CCCCOC(=O)c1ccc([N+](=O)[O-])cc1. The molecule has 0 saturated heterocycles. The molecule has 0 saturated carbocycles. The van der Waals surface area contributed by atoms with Gasteiger partial charge in [0.15, 0.2) is 0 Å². The Morgan fingerprint density at radius 3 is 2.59 bits per heavy atom. The molecule has 0 aromatic heterocycles. The minimum Gasteiger partial charge on any atom is -0.462 e. The molecule has 0 aliphatic rings. The van der Waals surface area contributed by atoms with E-state index in [-0.39, 0.29) is 17.9 Å². The van der Waals surface area contributed by atoms with Crippen LogP contribution in [0.15, 0.2) is 24.3 Å². The van der Waals surface area contributed by atoms with Gasteiger partial charge in [-0.05, 0) is 18.6 Å². The van der Waals surface area contributed by atoms with Gasteiger partial charge in [-0.15, -0.1) is 12.3 Å². The number of nitro benzene ring substituents is 1. The van der Waals surface area contributed by atoms with Gasteiger partial charge in [0, 0.05) is 18.6 Å². The van der Waals surface area contributed by atoms with E-state index in [1.807, 2.05) is 0 Å². The van der Waals surface area contributed by atoms with E-state index in [1.54, 1.807) is 0 Å². The second-order valence-corrected chi connectivity index (χ2v) is 3.25. The van der Waals surface area contributed by atoms with E-state index >= 15 is 0 Å². The molecule has 0 aliphatic carbocycles. The van der Waals surface area contributed by atoms with Crippen LogP contribution in [-0.4, -0.2) is 17.5 Å². The van der Waals surface area contributed by atoms with Crippen LogP contribution in [0.3, 0.4) is 0 Å². The second-order valence-electron chi connectivity index (χ2n) is 3.25. The summed E-state index contributed by atoms with van der Waals surface area (Å²) in [6.45, 7) is 0.250. The Kier molecular flexibility index (Phi) is 4.70. The number of terminal acetylenes is 1. The van der Waals surface area contributed by atoms with Crippen LogP contribution in [0.5, 0.6) is 0 Å². The largest absolute Gasteiger partial charge is 0.462 e. The molecule has 5 nitrogen and oxygen atoms in total. The van der Waals surface area contributed by atoms with Crippen LogP contribution in [0.4, 0.5) is 5.69 Å². The molecule has 0 radical (unpaired) electrons. The van der Waals surface area contributed by atoms with Crippen LogP contribution in [-0.2, 0) is 4.74 Å². The Bertz CT molecular complexity index is 445. The Balaban J connectivity index is 2.52. The fourth-order valence-corrected chi connectivity index (χ4v) is 1.14. The first-order valence-corrected chi connectivity index (χ1v) is 5.00. The number of nitro groups is 1. The van der Waals surface area contributed by atoms with E-state index in [2.05, 4.69) is 5.92 Å². The van der Waals surface area contributed by atoms with Crippen LogP contribution in [0, 0.1) is 22.5 Å². The highest BCUT2D eigenvalue weighted by molar-refractivity contribution is 5.89. The zero-order chi connectivity index (χ0) is 12.7. The van der Waals surface area contributed by atoms with Gasteiger partial charge >= 0.3 is 5.97 Å². The molecular formula is C12H11NO4. The number of esters is 1. The summed E-state index contributed by atoms with van der Waals surface area (Å²) in [6, 6.07) is 5.25. The van der Waals surface area contributed by atoms with E-state index in [0.717, 1.165) is 0 Å². The fraction of sp³-hybridized carbons (Fsp3) is 0.250. The first-order chi connectivity index (χ1) is 8.15. The van der Waals surface area contributed by atoms with E-state index < -0.39 is 10.9 Å². The van der Waals surface area contributed by atoms with E-state index in [4.69, 9.17) is 11.2 Å². The minimum atomic E-state index is -0.526. The minimum absolute atomic E-state index is 0.0612. The molecule has 1 rings (SSSR count). The van der Waals surface area contributed by atoms with E-state index in [9.17, 15) is 14.9 Å². The van der Waals surface area contributed by atoms with Gasteiger partial charge in [-0.25, -0.2) is 4.79 Å². The zero-order valence-corrected chi connectivity index (χ0v) is 9.09. The first-order valence-electron chi connectivity index (χ1n) is 5.00. The Hall–Kier alpha value is -2.35. The summed E-state index contributed by atoms with van der Waals surface area (Å²) < 4.78 is 4.93. The van der Waals surface area contributed by atoms with Gasteiger partial charge in [-0.2, -0.15) is 0 Å². The number of benzene rings is 1. The number of non-ortho nitro benzene ring substituents is 1. The highest BCUT2D eigenvalue weighted by atomic mass is 16.6. The summed E-state index contributed by atoms with van der Waals surface area (Å²) in [4.78, 5) is 21.3. The predicted molar refractivity (Wildman–Crippen MR) is 61.4 cm³/mol. The van der Waals surface area contributed by atoms with Gasteiger partial charge in [-0.3, -0.25) is 10.1 Å². The number of carbonyl (C=O) groups is 1. The number of unbranched alkanes of at least 4 members (excludes halogenated alkanes) is 1. The monoisotopic (exact) mass is 233 g/mol. The molecule has 0 bridgehead atoms. The molecule has 17 heavy (non-hydrogen) atoms. The lowest BCUT2D eigenvalue weighted by Gasteiger charge is -2.02. The summed E-state index contributed by atoms with van der Waals surface area (Å²) in [5.74, 6) is 1.93. The molecule has 0 spiro atoms. The van der Waals surface area contributed by atoms with Crippen molar-refractivity contribution in [1.29, 1.82) is 0 Å². The van der Waals surface area contributed by atoms with Crippen LogP contribution < -0.4 is 0 Å². The maximum absolute atomic E-state index is 11.4. The van der Waals surface area contributed by atoms with Crippen molar-refractivity contribution in [3.05, 3.63) is 39.9 Å². The van der Waals surface area contributed by atoms with Crippen molar-refractivity contribution in [3.63, 3.8) is 0 Å². The number of ether oxygens (including phenoxy) is 1. The maximum atomic E-state index is 11.4. The lowest BCUT2D eigenvalue weighted by atomic mass is 10.2. The average Bonchev–Trinajstić information content (AvgIpc) is 2.34. The van der Waals surface area contributed by atoms with E-state index in [0.29, 0.717) is 12.8 Å². The van der Waals surface area contributed by atoms with Gasteiger partial charge in [-0.1, -0.05) is 0 Å². The van der Waals surface area contributed by atoms with Crippen molar-refractivity contribution >= 4 is 11.7 Å². The Morgan fingerprint density at radius 2 is 2.06 bits per heavy atom. The molecule has 0 atom stereocenters. The lowest BCUT2D eigenvalue weighted by Crippen LogP contribution is -2.06. The molecule has 1 aromatic rings. The molecule has 88 valence electrons. The summed E-state index contributed by atoms with van der Waals surface area (Å²) >= 11 is 0. The number of nitrogens with zero attached hydrogens (tertiary/aromatic N) is 1. The molecule has 5 heteroatoms. The second kappa shape index (κ2) is 6.28. The van der Waals surface area contributed by atoms with Crippen LogP contribution in [0.2, 0.25) is 0 Å². The lowest BCUT2D eigenvalue weighted by molar-refractivity contribution is -0.384. The number of rotatable bonds is 5. The van der Waals surface area contributed by atoms with Gasteiger partial charge in [0.25, 0.3) is 5.69 Å². The molecular weight excluding hydrogens is 222 g/mol. The van der Waals surface area contributed by atoms with Gasteiger partial charge in [0.05, 0.1) is 17.1 Å². The molecule has 0 fully saturated rings. The molecule has 0 unspecified atom stereocenters. The smallest absolute Gasteiger partial charge is 0.338 e. The zero-order valence-electron chi connectivity index (χ0n) is 9.09. The van der Waals surface area contributed by atoms with E-state index in [1.165, 1.54) is 24.3 Å². The molecule has 0 N–H and O–H groups in total. The summed E-state index contributed by atoms with van der Waals surface area (Å²) in [7, 11) is 0. The summed E-state index contributed by atoms with van der Waals surface area (Å²) in [5.41, 5.74) is 0.227. The van der Waals surface area contributed by atoms with Crippen molar-refractivity contribution in [2.45, 2.75) is 12.8 Å². The predicted octanol–water partition coefficient (Wildman–Crippen LogP) is 2.17. The summed E-state index contributed by atoms with van der Waals surface area (Å²) in [6.07, 6.45) is 6.20. The standard InChI is InChI=1S/C12H11NO4/c1-2-3-4-9-17-12(14)10-5-7-11(8-6-10)13(15)16/h1,5-8H,3-4,9H2. The molecule has 0 amide bonds. The van der Waals surface area contributed by atoms with Gasteiger partial charge in [0.2, 0.25) is 0 Å². The number of carbonyl (C=O) groups excluding carboxylic acids is 1.